The minimum atomic E-state index is -0.660. The van der Waals surface area contributed by atoms with Crippen LogP contribution in [0.4, 0.5) is 4.79 Å². The molecule has 0 unspecified atom stereocenters. The molecule has 0 radical (unpaired) electrons. The van der Waals surface area contributed by atoms with E-state index in [1.165, 1.54) is 13.2 Å². The third kappa shape index (κ3) is 6.73. The average molecular weight is 516 g/mol. The molecule has 1 heterocycles. The molecule has 0 aliphatic carbocycles. The molecule has 1 saturated heterocycles. The van der Waals surface area contributed by atoms with Crippen LogP contribution >= 0.6 is 27.7 Å². The zero-order valence-electron chi connectivity index (χ0n) is 17.4. The minimum absolute atomic E-state index is 0.153. The molecule has 2 amide bonds. The Kier molecular flexibility index (Phi) is 8.93. The zero-order chi connectivity index (χ0) is 23.1. The maximum absolute atomic E-state index is 12.6. The highest BCUT2D eigenvalue weighted by atomic mass is 79.9. The summed E-state index contributed by atoms with van der Waals surface area (Å²) >= 11 is 4.09. The number of halogens is 1. The zero-order valence-corrected chi connectivity index (χ0v) is 19.8. The summed E-state index contributed by atoms with van der Waals surface area (Å²) in [6, 6.07) is 3.26. The topological polar surface area (TPSA) is 108 Å². The first-order chi connectivity index (χ1) is 14.7. The smallest absolute Gasteiger partial charge is 0.343 e. The SMILES string of the molecule is CCOc1cc(/C=C2/SC(=O)N(CC(=O)OC(C)C)C2=O)cc(Br)c1OCC(=O)OC. The van der Waals surface area contributed by atoms with Gasteiger partial charge in [0.2, 0.25) is 0 Å². The Morgan fingerprint density at radius 1 is 1.19 bits per heavy atom. The van der Waals surface area contributed by atoms with Gasteiger partial charge in [-0.25, -0.2) is 4.79 Å². The van der Waals surface area contributed by atoms with E-state index in [9.17, 15) is 19.2 Å². The molecule has 0 N–H and O–H groups in total. The number of thioether (sulfide) groups is 1. The molecule has 11 heteroatoms. The summed E-state index contributed by atoms with van der Waals surface area (Å²) in [6.45, 7) is 4.72. The predicted octanol–water partition coefficient (Wildman–Crippen LogP) is 3.39. The number of carbonyl (C=O) groups excluding carboxylic acids is 4. The van der Waals surface area contributed by atoms with Gasteiger partial charge in [0.05, 0.1) is 29.2 Å². The van der Waals surface area contributed by atoms with Gasteiger partial charge in [-0.1, -0.05) is 0 Å². The maximum Gasteiger partial charge on any atom is 0.343 e. The highest BCUT2D eigenvalue weighted by molar-refractivity contribution is 9.10. The van der Waals surface area contributed by atoms with Crippen molar-refractivity contribution in [1.82, 2.24) is 4.90 Å². The molecule has 0 atom stereocenters. The summed E-state index contributed by atoms with van der Waals surface area (Å²) in [5.74, 6) is -1.16. The molecule has 0 spiro atoms. The van der Waals surface area contributed by atoms with Crippen LogP contribution in [0.2, 0.25) is 0 Å². The van der Waals surface area contributed by atoms with Gasteiger partial charge in [0.25, 0.3) is 11.1 Å². The van der Waals surface area contributed by atoms with E-state index in [4.69, 9.17) is 14.2 Å². The maximum atomic E-state index is 12.6. The van der Waals surface area contributed by atoms with Gasteiger partial charge >= 0.3 is 11.9 Å². The standard InChI is InChI=1S/C20H22BrNO8S/c1-5-28-14-7-12(6-13(21)18(14)29-10-17(24)27-4)8-15-19(25)22(20(26)31-15)9-16(23)30-11(2)3/h6-8,11H,5,9-10H2,1-4H3/b15-8+. The number of hydrogen-bond acceptors (Lipinski definition) is 9. The van der Waals surface area contributed by atoms with Crippen LogP contribution in [0.25, 0.3) is 6.08 Å². The van der Waals surface area contributed by atoms with Gasteiger partial charge in [-0.05, 0) is 72.2 Å². The third-order valence-corrected chi connectivity index (χ3v) is 5.22. The molecule has 1 aliphatic rings. The van der Waals surface area contributed by atoms with Crippen LogP contribution in [0.15, 0.2) is 21.5 Å². The Morgan fingerprint density at radius 3 is 2.52 bits per heavy atom. The lowest BCUT2D eigenvalue weighted by molar-refractivity contribution is -0.149. The number of benzene rings is 1. The second-order valence-electron chi connectivity index (χ2n) is 6.43. The van der Waals surface area contributed by atoms with Gasteiger partial charge in [0.1, 0.15) is 6.54 Å². The lowest BCUT2D eigenvalue weighted by Crippen LogP contribution is -2.35. The summed E-state index contributed by atoms with van der Waals surface area (Å²) in [6.07, 6.45) is 1.16. The van der Waals surface area contributed by atoms with E-state index in [1.807, 2.05) is 0 Å². The molecule has 31 heavy (non-hydrogen) atoms. The molecule has 1 aliphatic heterocycles. The van der Waals surface area contributed by atoms with Gasteiger partial charge < -0.3 is 18.9 Å². The number of imide groups is 1. The summed E-state index contributed by atoms with van der Waals surface area (Å²) in [4.78, 5) is 49.0. The van der Waals surface area contributed by atoms with Crippen molar-refractivity contribution in [3.8, 4) is 11.5 Å². The molecule has 1 aromatic rings. The van der Waals surface area contributed by atoms with Crippen LogP contribution in [-0.4, -0.2) is 61.0 Å². The summed E-state index contributed by atoms with van der Waals surface area (Å²) in [5, 5.41) is -0.556. The van der Waals surface area contributed by atoms with E-state index in [-0.39, 0.29) is 17.6 Å². The quantitative estimate of drug-likeness (QED) is 0.361. The molecule has 168 valence electrons. The second kappa shape index (κ2) is 11.2. The van der Waals surface area contributed by atoms with Crippen LogP contribution in [0.1, 0.15) is 26.3 Å². The minimum Gasteiger partial charge on any atom is -0.490 e. The number of methoxy groups -OCH3 is 1. The van der Waals surface area contributed by atoms with Gasteiger partial charge in [-0.3, -0.25) is 19.3 Å². The molecule has 2 rings (SSSR count). The Bertz CT molecular complexity index is 915. The largest absolute Gasteiger partial charge is 0.490 e. The van der Waals surface area contributed by atoms with E-state index in [0.717, 1.165) is 16.7 Å². The Labute approximate surface area is 192 Å². The summed E-state index contributed by atoms with van der Waals surface area (Å²) in [7, 11) is 1.25. The molecular formula is C20H22BrNO8S. The van der Waals surface area contributed by atoms with Gasteiger partial charge in [0, 0.05) is 0 Å². The number of nitrogens with zero attached hydrogens (tertiary/aromatic N) is 1. The van der Waals surface area contributed by atoms with Crippen molar-refractivity contribution >= 4 is 56.9 Å². The molecule has 1 aromatic carbocycles. The van der Waals surface area contributed by atoms with E-state index in [0.29, 0.717) is 28.1 Å². The van der Waals surface area contributed by atoms with Crippen molar-refractivity contribution in [3.63, 3.8) is 0 Å². The highest BCUT2D eigenvalue weighted by Crippen LogP contribution is 2.39. The third-order valence-electron chi connectivity index (χ3n) is 3.72. The highest BCUT2D eigenvalue weighted by Gasteiger charge is 2.36. The fraction of sp³-hybridized carbons (Fsp3) is 0.400. The Hall–Kier alpha value is -2.53. The van der Waals surface area contributed by atoms with Crippen molar-refractivity contribution in [2.45, 2.75) is 26.9 Å². The first-order valence-electron chi connectivity index (χ1n) is 9.27. The number of rotatable bonds is 9. The monoisotopic (exact) mass is 515 g/mol. The van der Waals surface area contributed by atoms with Crippen LogP contribution in [0.5, 0.6) is 11.5 Å². The van der Waals surface area contributed by atoms with Crippen LogP contribution in [-0.2, 0) is 23.9 Å². The van der Waals surface area contributed by atoms with Crippen molar-refractivity contribution in [2.24, 2.45) is 0 Å². The van der Waals surface area contributed by atoms with Crippen molar-refractivity contribution in [3.05, 3.63) is 27.1 Å². The van der Waals surface area contributed by atoms with E-state index in [1.54, 1.807) is 32.9 Å². The number of hydrogen-bond donors (Lipinski definition) is 0. The molecule has 1 fully saturated rings. The van der Waals surface area contributed by atoms with Crippen molar-refractivity contribution in [2.75, 3.05) is 26.9 Å². The Balaban J connectivity index is 2.26. The molecule has 9 nitrogen and oxygen atoms in total. The lowest BCUT2D eigenvalue weighted by atomic mass is 10.2. The molecular weight excluding hydrogens is 494 g/mol. The van der Waals surface area contributed by atoms with Crippen LogP contribution in [0.3, 0.4) is 0 Å². The second-order valence-corrected chi connectivity index (χ2v) is 8.28. The predicted molar refractivity (Wildman–Crippen MR) is 117 cm³/mol. The van der Waals surface area contributed by atoms with Crippen LogP contribution < -0.4 is 9.47 Å². The Morgan fingerprint density at radius 2 is 1.90 bits per heavy atom. The van der Waals surface area contributed by atoms with Gasteiger partial charge in [0.15, 0.2) is 18.1 Å². The number of carbonyl (C=O) groups is 4. The number of amides is 2. The number of esters is 2. The van der Waals surface area contributed by atoms with Crippen molar-refractivity contribution < 1.29 is 38.1 Å². The van der Waals surface area contributed by atoms with Crippen molar-refractivity contribution in [1.29, 1.82) is 0 Å². The fourth-order valence-corrected chi connectivity index (χ4v) is 3.89. The first kappa shape index (κ1) is 24.7. The fourth-order valence-electron chi connectivity index (χ4n) is 2.48. The summed E-state index contributed by atoms with van der Waals surface area (Å²) < 4.78 is 21.1. The number of ether oxygens (including phenoxy) is 4. The normalized spacial score (nSPS) is 14.9. The first-order valence-corrected chi connectivity index (χ1v) is 10.9. The lowest BCUT2D eigenvalue weighted by Gasteiger charge is -2.14. The van der Waals surface area contributed by atoms with Gasteiger partial charge in [-0.15, -0.1) is 0 Å². The van der Waals surface area contributed by atoms with E-state index in [2.05, 4.69) is 20.7 Å². The van der Waals surface area contributed by atoms with E-state index < -0.39 is 29.6 Å². The molecule has 0 saturated carbocycles. The van der Waals surface area contributed by atoms with Gasteiger partial charge in [-0.2, -0.15) is 0 Å². The molecule has 0 bridgehead atoms. The van der Waals surface area contributed by atoms with Crippen LogP contribution in [0, 0.1) is 0 Å². The average Bonchev–Trinajstić information content (AvgIpc) is 2.94. The summed E-state index contributed by atoms with van der Waals surface area (Å²) in [5.41, 5.74) is 0.552. The van der Waals surface area contributed by atoms with E-state index >= 15 is 0 Å². The molecule has 0 aromatic heterocycles.